The maximum absolute atomic E-state index is 11.8. The third-order valence-corrected chi connectivity index (χ3v) is 2.49. The Kier molecular flexibility index (Phi) is 4.57. The topological polar surface area (TPSA) is 35.5 Å². The molecule has 94 valence electrons. The zero-order valence-electron chi connectivity index (χ0n) is 10.5. The summed E-state index contributed by atoms with van der Waals surface area (Å²) in [7, 11) is 0. The maximum Gasteiger partial charge on any atom is 0.338 e. The largest absolute Gasteiger partial charge is 0.493 e. The van der Waals surface area contributed by atoms with E-state index < -0.39 is 5.60 Å². The normalized spacial score (nSPS) is 11.1. The van der Waals surface area contributed by atoms with Crippen LogP contribution in [-0.4, -0.2) is 18.2 Å². The van der Waals surface area contributed by atoms with Crippen LogP contribution in [0.2, 0.25) is 0 Å². The van der Waals surface area contributed by atoms with Crippen molar-refractivity contribution in [2.45, 2.75) is 33.3 Å². The first-order valence-electron chi connectivity index (χ1n) is 5.49. The van der Waals surface area contributed by atoms with E-state index >= 15 is 0 Å². The average molecular weight is 301 g/mol. The predicted molar refractivity (Wildman–Crippen MR) is 70.5 cm³/mol. The van der Waals surface area contributed by atoms with E-state index in [1.807, 2.05) is 27.7 Å². The summed E-state index contributed by atoms with van der Waals surface area (Å²) in [6, 6.07) is 5.16. The highest BCUT2D eigenvalue weighted by atomic mass is 79.9. The lowest BCUT2D eigenvalue weighted by Crippen LogP contribution is -2.23. The van der Waals surface area contributed by atoms with Gasteiger partial charge in [-0.1, -0.05) is 0 Å². The maximum atomic E-state index is 11.8. The fourth-order valence-electron chi connectivity index (χ4n) is 1.24. The summed E-state index contributed by atoms with van der Waals surface area (Å²) in [6.45, 7) is 8.02. The van der Waals surface area contributed by atoms with Crippen molar-refractivity contribution in [2.24, 2.45) is 0 Å². The van der Waals surface area contributed by atoms with Crippen molar-refractivity contribution in [3.8, 4) is 5.75 Å². The van der Waals surface area contributed by atoms with Crippen LogP contribution in [0.5, 0.6) is 5.75 Å². The molecule has 0 saturated heterocycles. The highest BCUT2D eigenvalue weighted by Gasteiger charge is 2.18. The predicted octanol–water partition coefficient (Wildman–Crippen LogP) is 3.80. The van der Waals surface area contributed by atoms with Crippen molar-refractivity contribution in [3.05, 3.63) is 28.2 Å². The van der Waals surface area contributed by atoms with Crippen LogP contribution in [0, 0.1) is 0 Å². The first-order chi connectivity index (χ1) is 7.83. The molecule has 0 amide bonds. The molecule has 17 heavy (non-hydrogen) atoms. The minimum absolute atomic E-state index is 0.332. The van der Waals surface area contributed by atoms with Crippen LogP contribution < -0.4 is 4.74 Å². The van der Waals surface area contributed by atoms with Gasteiger partial charge < -0.3 is 9.47 Å². The lowest BCUT2D eigenvalue weighted by Gasteiger charge is -2.19. The van der Waals surface area contributed by atoms with Crippen LogP contribution in [-0.2, 0) is 4.74 Å². The van der Waals surface area contributed by atoms with E-state index in [1.165, 1.54) is 0 Å². The van der Waals surface area contributed by atoms with Gasteiger partial charge in [0.2, 0.25) is 0 Å². The lowest BCUT2D eigenvalue weighted by molar-refractivity contribution is 0.00694. The van der Waals surface area contributed by atoms with Crippen LogP contribution >= 0.6 is 15.9 Å². The number of benzene rings is 1. The fraction of sp³-hybridized carbons (Fsp3) is 0.462. The summed E-state index contributed by atoms with van der Waals surface area (Å²) >= 11 is 3.36. The van der Waals surface area contributed by atoms with Gasteiger partial charge in [0, 0.05) is 0 Å². The Morgan fingerprint density at radius 3 is 2.47 bits per heavy atom. The summed E-state index contributed by atoms with van der Waals surface area (Å²) in [6.07, 6.45) is 0. The van der Waals surface area contributed by atoms with Crippen molar-refractivity contribution in [1.29, 1.82) is 0 Å². The molecule has 4 heteroatoms. The fourth-order valence-corrected chi connectivity index (χ4v) is 1.73. The van der Waals surface area contributed by atoms with E-state index in [2.05, 4.69) is 15.9 Å². The van der Waals surface area contributed by atoms with E-state index in [9.17, 15) is 4.79 Å². The second-order valence-corrected chi connectivity index (χ2v) is 5.43. The van der Waals surface area contributed by atoms with E-state index in [0.717, 1.165) is 10.2 Å². The molecule has 1 aromatic carbocycles. The molecule has 0 aliphatic rings. The third kappa shape index (κ3) is 4.38. The zero-order valence-corrected chi connectivity index (χ0v) is 12.1. The van der Waals surface area contributed by atoms with Crippen molar-refractivity contribution in [1.82, 2.24) is 0 Å². The molecule has 0 N–H and O–H groups in total. The number of hydrogen-bond donors (Lipinski definition) is 0. The zero-order chi connectivity index (χ0) is 13.1. The van der Waals surface area contributed by atoms with Crippen LogP contribution in [0.25, 0.3) is 0 Å². The monoisotopic (exact) mass is 300 g/mol. The van der Waals surface area contributed by atoms with Crippen LogP contribution in [0.1, 0.15) is 38.1 Å². The summed E-state index contributed by atoms with van der Waals surface area (Å²) in [5.74, 6) is 0.390. The van der Waals surface area contributed by atoms with Gasteiger partial charge in [0.25, 0.3) is 0 Å². The standard InChI is InChI=1S/C13H17BrO3/c1-5-16-11-7-6-9(8-10(11)14)12(15)17-13(2,3)4/h6-8H,5H2,1-4H3. The number of halogens is 1. The van der Waals surface area contributed by atoms with Crippen LogP contribution in [0.15, 0.2) is 22.7 Å². The quantitative estimate of drug-likeness (QED) is 0.797. The average Bonchev–Trinajstić information content (AvgIpc) is 2.18. The third-order valence-electron chi connectivity index (χ3n) is 1.87. The number of hydrogen-bond acceptors (Lipinski definition) is 3. The Morgan fingerprint density at radius 2 is 2.00 bits per heavy atom. The van der Waals surface area contributed by atoms with Crippen LogP contribution in [0.3, 0.4) is 0 Å². The van der Waals surface area contributed by atoms with Gasteiger partial charge in [0.15, 0.2) is 0 Å². The Hall–Kier alpha value is -1.03. The SMILES string of the molecule is CCOc1ccc(C(=O)OC(C)(C)C)cc1Br. The van der Waals surface area contributed by atoms with Gasteiger partial charge in [-0.15, -0.1) is 0 Å². The first-order valence-corrected chi connectivity index (χ1v) is 6.28. The lowest BCUT2D eigenvalue weighted by atomic mass is 10.1. The Labute approximate surface area is 110 Å². The van der Waals surface area contributed by atoms with Gasteiger partial charge in [0.05, 0.1) is 16.6 Å². The summed E-state index contributed by atoms with van der Waals surface area (Å²) < 4.78 is 11.4. The van der Waals surface area contributed by atoms with Gasteiger partial charge in [-0.3, -0.25) is 0 Å². The molecule has 0 aromatic heterocycles. The number of carbonyl (C=O) groups excluding carboxylic acids is 1. The van der Waals surface area contributed by atoms with Gasteiger partial charge in [0.1, 0.15) is 11.4 Å². The molecule has 0 saturated carbocycles. The summed E-state index contributed by atoms with van der Waals surface area (Å²) in [5.41, 5.74) is 0.0255. The van der Waals surface area contributed by atoms with Crippen molar-refractivity contribution in [3.63, 3.8) is 0 Å². The molecular weight excluding hydrogens is 284 g/mol. The van der Waals surface area contributed by atoms with Gasteiger partial charge in [-0.05, 0) is 61.8 Å². The van der Waals surface area contributed by atoms with Gasteiger partial charge in [-0.25, -0.2) is 4.79 Å². The number of ether oxygens (including phenoxy) is 2. The van der Waals surface area contributed by atoms with E-state index in [-0.39, 0.29) is 5.97 Å². The highest BCUT2D eigenvalue weighted by Crippen LogP contribution is 2.26. The molecule has 0 aliphatic carbocycles. The molecule has 0 fully saturated rings. The molecule has 3 nitrogen and oxygen atoms in total. The molecule has 1 aromatic rings. The number of rotatable bonds is 3. The minimum Gasteiger partial charge on any atom is -0.493 e. The van der Waals surface area contributed by atoms with Gasteiger partial charge in [-0.2, -0.15) is 0 Å². The summed E-state index contributed by atoms with van der Waals surface area (Å²) in [4.78, 5) is 11.8. The molecule has 0 aliphatic heterocycles. The second kappa shape index (κ2) is 5.54. The molecule has 0 unspecified atom stereocenters. The molecular formula is C13H17BrO3. The molecule has 0 spiro atoms. The van der Waals surface area contributed by atoms with E-state index in [1.54, 1.807) is 18.2 Å². The van der Waals surface area contributed by atoms with E-state index in [0.29, 0.717) is 12.2 Å². The molecule has 0 heterocycles. The highest BCUT2D eigenvalue weighted by molar-refractivity contribution is 9.10. The Morgan fingerprint density at radius 1 is 1.35 bits per heavy atom. The number of esters is 1. The van der Waals surface area contributed by atoms with Crippen molar-refractivity contribution in [2.75, 3.05) is 6.61 Å². The summed E-state index contributed by atoms with van der Waals surface area (Å²) in [5, 5.41) is 0. The van der Waals surface area contributed by atoms with Crippen LogP contribution in [0.4, 0.5) is 0 Å². The second-order valence-electron chi connectivity index (χ2n) is 4.58. The molecule has 0 atom stereocenters. The molecule has 1 rings (SSSR count). The van der Waals surface area contributed by atoms with Crippen molar-refractivity contribution >= 4 is 21.9 Å². The van der Waals surface area contributed by atoms with Crippen molar-refractivity contribution < 1.29 is 14.3 Å². The molecule has 0 bridgehead atoms. The minimum atomic E-state index is -0.484. The Bertz CT molecular complexity index is 408. The van der Waals surface area contributed by atoms with E-state index in [4.69, 9.17) is 9.47 Å². The van der Waals surface area contributed by atoms with Gasteiger partial charge >= 0.3 is 5.97 Å². The Balaban J connectivity index is 2.86. The first kappa shape index (κ1) is 14.0. The number of carbonyl (C=O) groups is 1. The smallest absolute Gasteiger partial charge is 0.338 e. The molecule has 0 radical (unpaired) electrons.